The lowest BCUT2D eigenvalue weighted by molar-refractivity contribution is -0.159. The number of amides is 1. The third-order valence-electron chi connectivity index (χ3n) is 2.96. The summed E-state index contributed by atoms with van der Waals surface area (Å²) in [4.78, 5) is 25.8. The molecule has 1 rings (SSSR count). The van der Waals surface area contributed by atoms with Crippen molar-refractivity contribution in [1.29, 1.82) is 0 Å². The SMILES string of the molecule is CCOC(=O)C1CCCCN1C(=O)C(C)(C)C. The minimum Gasteiger partial charge on any atom is -0.464 e. The minimum absolute atomic E-state index is 0.0373. The van der Waals surface area contributed by atoms with E-state index in [0.717, 1.165) is 19.3 Å². The lowest BCUT2D eigenvalue weighted by atomic mass is 9.91. The molecule has 0 aromatic carbocycles. The number of carbonyl (C=O) groups excluding carboxylic acids is 2. The predicted octanol–water partition coefficient (Wildman–Crippen LogP) is 1.98. The van der Waals surface area contributed by atoms with Crippen LogP contribution in [-0.2, 0) is 14.3 Å². The van der Waals surface area contributed by atoms with Crippen LogP contribution in [-0.4, -0.2) is 36.0 Å². The monoisotopic (exact) mass is 241 g/mol. The summed E-state index contributed by atoms with van der Waals surface area (Å²) in [6.45, 7) is 8.47. The van der Waals surface area contributed by atoms with Crippen LogP contribution in [0.1, 0.15) is 47.0 Å². The molecule has 1 aliphatic rings. The molecular formula is C13H23NO3. The molecule has 1 amide bonds. The van der Waals surface area contributed by atoms with Crippen LogP contribution in [0.25, 0.3) is 0 Å². The number of esters is 1. The molecule has 0 aromatic heterocycles. The number of ether oxygens (including phenoxy) is 1. The second-order valence-corrected chi connectivity index (χ2v) is 5.51. The molecule has 0 radical (unpaired) electrons. The molecule has 1 unspecified atom stereocenters. The molecule has 98 valence electrons. The molecular weight excluding hydrogens is 218 g/mol. The van der Waals surface area contributed by atoms with Crippen LogP contribution in [0, 0.1) is 5.41 Å². The van der Waals surface area contributed by atoms with Gasteiger partial charge in [-0.2, -0.15) is 0 Å². The Balaban J connectivity index is 2.79. The van der Waals surface area contributed by atoms with Crippen LogP contribution in [0.5, 0.6) is 0 Å². The van der Waals surface area contributed by atoms with E-state index in [9.17, 15) is 9.59 Å². The number of likely N-dealkylation sites (tertiary alicyclic amines) is 1. The first-order valence-electron chi connectivity index (χ1n) is 6.35. The van der Waals surface area contributed by atoms with Crippen LogP contribution in [0.2, 0.25) is 0 Å². The molecule has 0 N–H and O–H groups in total. The van der Waals surface area contributed by atoms with E-state index in [0.29, 0.717) is 13.2 Å². The van der Waals surface area contributed by atoms with Crippen molar-refractivity contribution >= 4 is 11.9 Å². The van der Waals surface area contributed by atoms with Crippen LogP contribution in [0.3, 0.4) is 0 Å². The van der Waals surface area contributed by atoms with Crippen molar-refractivity contribution in [2.75, 3.05) is 13.2 Å². The van der Waals surface area contributed by atoms with Gasteiger partial charge in [0.1, 0.15) is 6.04 Å². The fourth-order valence-electron chi connectivity index (χ4n) is 2.09. The van der Waals surface area contributed by atoms with Crippen molar-refractivity contribution < 1.29 is 14.3 Å². The standard InChI is InChI=1S/C13H23NO3/c1-5-17-11(15)10-8-6-7-9-14(10)12(16)13(2,3)4/h10H,5-9H2,1-4H3. The van der Waals surface area contributed by atoms with Gasteiger partial charge in [-0.25, -0.2) is 4.79 Å². The van der Waals surface area contributed by atoms with E-state index < -0.39 is 5.41 Å². The number of rotatable bonds is 2. The van der Waals surface area contributed by atoms with Gasteiger partial charge in [0.2, 0.25) is 5.91 Å². The highest BCUT2D eigenvalue weighted by Gasteiger charge is 2.37. The Morgan fingerprint density at radius 2 is 1.94 bits per heavy atom. The van der Waals surface area contributed by atoms with Gasteiger partial charge in [-0.15, -0.1) is 0 Å². The van der Waals surface area contributed by atoms with E-state index in [1.165, 1.54) is 0 Å². The molecule has 1 saturated heterocycles. The summed E-state index contributed by atoms with van der Waals surface area (Å²) in [6.07, 6.45) is 2.68. The van der Waals surface area contributed by atoms with Crippen LogP contribution < -0.4 is 0 Å². The van der Waals surface area contributed by atoms with E-state index in [4.69, 9.17) is 4.74 Å². The van der Waals surface area contributed by atoms with Crippen LogP contribution in [0.4, 0.5) is 0 Å². The highest BCUT2D eigenvalue weighted by Crippen LogP contribution is 2.25. The topological polar surface area (TPSA) is 46.6 Å². The summed E-state index contributed by atoms with van der Waals surface area (Å²) in [6, 6.07) is -0.379. The van der Waals surface area contributed by atoms with E-state index in [-0.39, 0.29) is 17.9 Å². The Bertz CT molecular complexity index is 294. The molecule has 1 heterocycles. The lowest BCUT2D eigenvalue weighted by Crippen LogP contribution is -2.52. The average molecular weight is 241 g/mol. The second kappa shape index (κ2) is 5.52. The van der Waals surface area contributed by atoms with Crippen LogP contribution >= 0.6 is 0 Å². The van der Waals surface area contributed by atoms with Gasteiger partial charge in [-0.3, -0.25) is 4.79 Å². The Hall–Kier alpha value is -1.06. The summed E-state index contributed by atoms with van der Waals surface area (Å²) >= 11 is 0. The molecule has 4 heteroatoms. The van der Waals surface area contributed by atoms with Crippen molar-refractivity contribution in [2.24, 2.45) is 5.41 Å². The quantitative estimate of drug-likeness (QED) is 0.694. The molecule has 0 aromatic rings. The molecule has 0 aliphatic carbocycles. The van der Waals surface area contributed by atoms with E-state index in [2.05, 4.69) is 0 Å². The number of piperidine rings is 1. The zero-order valence-electron chi connectivity index (χ0n) is 11.3. The van der Waals surface area contributed by atoms with Crippen molar-refractivity contribution in [2.45, 2.75) is 53.0 Å². The molecule has 0 saturated carbocycles. The Labute approximate surface area is 103 Å². The maximum Gasteiger partial charge on any atom is 0.328 e. The van der Waals surface area contributed by atoms with Gasteiger partial charge >= 0.3 is 5.97 Å². The highest BCUT2D eigenvalue weighted by molar-refractivity contribution is 5.87. The number of hydrogen-bond acceptors (Lipinski definition) is 3. The summed E-state index contributed by atoms with van der Waals surface area (Å²) in [5.41, 5.74) is -0.442. The summed E-state index contributed by atoms with van der Waals surface area (Å²) < 4.78 is 5.04. The van der Waals surface area contributed by atoms with E-state index in [1.807, 2.05) is 20.8 Å². The first kappa shape index (κ1) is 14.0. The molecule has 1 aliphatic heterocycles. The molecule has 0 bridgehead atoms. The molecule has 4 nitrogen and oxygen atoms in total. The lowest BCUT2D eigenvalue weighted by Gasteiger charge is -2.37. The number of hydrogen-bond donors (Lipinski definition) is 0. The van der Waals surface area contributed by atoms with Gasteiger partial charge in [0.15, 0.2) is 0 Å². The smallest absolute Gasteiger partial charge is 0.328 e. The normalized spacial score (nSPS) is 21.2. The fourth-order valence-corrected chi connectivity index (χ4v) is 2.09. The molecule has 17 heavy (non-hydrogen) atoms. The number of nitrogens with zero attached hydrogens (tertiary/aromatic N) is 1. The van der Waals surface area contributed by atoms with E-state index in [1.54, 1.807) is 11.8 Å². The Morgan fingerprint density at radius 3 is 2.47 bits per heavy atom. The van der Waals surface area contributed by atoms with Gasteiger partial charge in [-0.05, 0) is 26.2 Å². The number of carbonyl (C=O) groups is 2. The van der Waals surface area contributed by atoms with Gasteiger partial charge < -0.3 is 9.64 Å². The van der Waals surface area contributed by atoms with Gasteiger partial charge in [-0.1, -0.05) is 20.8 Å². The third-order valence-corrected chi connectivity index (χ3v) is 2.96. The Morgan fingerprint density at radius 1 is 1.29 bits per heavy atom. The zero-order valence-corrected chi connectivity index (χ0v) is 11.3. The largest absolute Gasteiger partial charge is 0.464 e. The summed E-state index contributed by atoms with van der Waals surface area (Å²) in [5, 5.41) is 0. The Kier molecular flexibility index (Phi) is 4.54. The van der Waals surface area contributed by atoms with Crippen molar-refractivity contribution in [3.8, 4) is 0 Å². The summed E-state index contributed by atoms with van der Waals surface area (Å²) in [7, 11) is 0. The van der Waals surface area contributed by atoms with Gasteiger partial charge in [0, 0.05) is 12.0 Å². The fraction of sp³-hybridized carbons (Fsp3) is 0.846. The first-order valence-corrected chi connectivity index (χ1v) is 6.35. The van der Waals surface area contributed by atoms with Crippen molar-refractivity contribution in [3.63, 3.8) is 0 Å². The zero-order chi connectivity index (χ0) is 13.1. The first-order chi connectivity index (χ1) is 7.88. The van der Waals surface area contributed by atoms with Gasteiger partial charge in [0.05, 0.1) is 6.61 Å². The minimum atomic E-state index is -0.442. The molecule has 1 atom stereocenters. The molecule has 1 fully saturated rings. The third kappa shape index (κ3) is 3.45. The molecule has 0 spiro atoms. The van der Waals surface area contributed by atoms with Crippen molar-refractivity contribution in [1.82, 2.24) is 4.90 Å². The maximum absolute atomic E-state index is 12.3. The average Bonchev–Trinajstić information content (AvgIpc) is 2.27. The predicted molar refractivity (Wildman–Crippen MR) is 65.4 cm³/mol. The maximum atomic E-state index is 12.3. The van der Waals surface area contributed by atoms with Crippen LogP contribution in [0.15, 0.2) is 0 Å². The highest BCUT2D eigenvalue weighted by atomic mass is 16.5. The van der Waals surface area contributed by atoms with Crippen molar-refractivity contribution in [3.05, 3.63) is 0 Å². The van der Waals surface area contributed by atoms with Gasteiger partial charge in [0.25, 0.3) is 0 Å². The summed E-state index contributed by atoms with van der Waals surface area (Å²) in [5.74, 6) is -0.222. The van der Waals surface area contributed by atoms with E-state index >= 15 is 0 Å². The second-order valence-electron chi connectivity index (χ2n) is 5.51.